The summed E-state index contributed by atoms with van der Waals surface area (Å²) >= 11 is 3.39. The Kier molecular flexibility index (Phi) is 3.94. The van der Waals surface area contributed by atoms with Crippen molar-refractivity contribution >= 4 is 34.1 Å². The summed E-state index contributed by atoms with van der Waals surface area (Å²) in [6.07, 6.45) is 6.89. The molecule has 3 nitrogen and oxygen atoms in total. The number of aldehydes is 1. The van der Waals surface area contributed by atoms with Gasteiger partial charge in [-0.05, 0) is 25.0 Å². The van der Waals surface area contributed by atoms with Gasteiger partial charge in [-0.15, -0.1) is 0 Å². The highest BCUT2D eigenvalue weighted by Crippen LogP contribution is 2.28. The van der Waals surface area contributed by atoms with Gasteiger partial charge in [0, 0.05) is 33.5 Å². The Labute approximate surface area is 109 Å². The smallest absolute Gasteiger partial charge is 0.150 e. The lowest BCUT2D eigenvalue weighted by molar-refractivity contribution is 0.112. The quantitative estimate of drug-likeness (QED) is 0.658. The van der Waals surface area contributed by atoms with Crippen LogP contribution in [-0.2, 0) is 0 Å². The van der Waals surface area contributed by atoms with Crippen molar-refractivity contribution in [2.24, 2.45) is 0 Å². The number of nitrogens with one attached hydrogen (secondary N) is 2. The van der Waals surface area contributed by atoms with Gasteiger partial charge in [-0.25, -0.2) is 0 Å². The molecule has 17 heavy (non-hydrogen) atoms. The minimum Gasteiger partial charge on any atom is -0.382 e. The minimum absolute atomic E-state index is 0.475. The molecule has 0 amide bonds. The van der Waals surface area contributed by atoms with E-state index < -0.39 is 0 Å². The Morgan fingerprint density at radius 1 is 1.35 bits per heavy atom. The van der Waals surface area contributed by atoms with Crippen molar-refractivity contribution < 1.29 is 4.79 Å². The summed E-state index contributed by atoms with van der Waals surface area (Å²) in [5.41, 5.74) is 2.10. The Morgan fingerprint density at radius 2 is 2.06 bits per heavy atom. The van der Waals surface area contributed by atoms with Gasteiger partial charge in [0.15, 0.2) is 6.29 Å². The maximum atomic E-state index is 11.0. The Balaban J connectivity index is 2.33. The second-order valence-corrected chi connectivity index (χ2v) is 5.26. The molecular formula is C13H15BrN2O. The van der Waals surface area contributed by atoms with Gasteiger partial charge in [0.05, 0.1) is 0 Å². The second-order valence-electron chi connectivity index (χ2n) is 4.34. The van der Waals surface area contributed by atoms with Crippen LogP contribution in [0.4, 0.5) is 5.69 Å². The second kappa shape index (κ2) is 5.45. The molecule has 1 fully saturated rings. The van der Waals surface area contributed by atoms with Crippen LogP contribution >= 0.6 is 15.9 Å². The fraction of sp³-hybridized carbons (Fsp3) is 0.385. The standard InChI is InChI=1S/C13H15BrN2O/c14-10-5-9(8-17)12(7-15)13(6-10)16-11-3-1-2-4-11/h5-8,11,15-16H,1-4H2. The highest BCUT2D eigenvalue weighted by Gasteiger charge is 2.17. The highest BCUT2D eigenvalue weighted by atomic mass is 79.9. The zero-order valence-electron chi connectivity index (χ0n) is 9.50. The molecular weight excluding hydrogens is 280 g/mol. The van der Waals surface area contributed by atoms with Gasteiger partial charge >= 0.3 is 0 Å². The van der Waals surface area contributed by atoms with Crippen LogP contribution in [0.5, 0.6) is 0 Å². The SMILES string of the molecule is N=Cc1c(C=O)cc(Br)cc1NC1CCCC1. The molecule has 0 aromatic heterocycles. The predicted octanol–water partition coefficient (Wildman–Crippen LogP) is 3.61. The van der Waals surface area contributed by atoms with Crippen LogP contribution in [0.25, 0.3) is 0 Å². The molecule has 2 rings (SSSR count). The van der Waals surface area contributed by atoms with Crippen LogP contribution in [0.15, 0.2) is 16.6 Å². The third kappa shape index (κ3) is 2.75. The van der Waals surface area contributed by atoms with Crippen molar-refractivity contribution in [1.29, 1.82) is 5.41 Å². The predicted molar refractivity (Wildman–Crippen MR) is 73.3 cm³/mol. The molecule has 0 aliphatic heterocycles. The molecule has 0 radical (unpaired) electrons. The lowest BCUT2D eigenvalue weighted by Gasteiger charge is -2.17. The largest absolute Gasteiger partial charge is 0.382 e. The molecule has 0 unspecified atom stereocenters. The number of carbonyl (C=O) groups is 1. The first kappa shape index (κ1) is 12.3. The van der Waals surface area contributed by atoms with E-state index in [0.717, 1.165) is 16.4 Å². The third-order valence-corrected chi connectivity index (χ3v) is 3.62. The molecule has 4 heteroatoms. The first-order valence-electron chi connectivity index (χ1n) is 5.80. The number of anilines is 1. The maximum absolute atomic E-state index is 11.0. The van der Waals surface area contributed by atoms with Gasteiger partial charge in [0.25, 0.3) is 0 Å². The number of hydrogen-bond acceptors (Lipinski definition) is 3. The Hall–Kier alpha value is -1.16. The van der Waals surface area contributed by atoms with E-state index in [1.54, 1.807) is 6.07 Å². The summed E-state index contributed by atoms with van der Waals surface area (Å²) in [5, 5.41) is 10.9. The van der Waals surface area contributed by atoms with E-state index >= 15 is 0 Å². The third-order valence-electron chi connectivity index (χ3n) is 3.16. The molecule has 90 valence electrons. The van der Waals surface area contributed by atoms with Crippen molar-refractivity contribution in [3.8, 4) is 0 Å². The van der Waals surface area contributed by atoms with Crippen LogP contribution in [-0.4, -0.2) is 18.5 Å². The van der Waals surface area contributed by atoms with E-state index in [1.807, 2.05) is 6.07 Å². The van der Waals surface area contributed by atoms with Gasteiger partial charge in [0.2, 0.25) is 0 Å². The zero-order chi connectivity index (χ0) is 12.3. The van der Waals surface area contributed by atoms with Gasteiger partial charge in [-0.2, -0.15) is 0 Å². The fourth-order valence-electron chi connectivity index (χ4n) is 2.31. The van der Waals surface area contributed by atoms with Crippen LogP contribution in [0.1, 0.15) is 41.6 Å². The number of benzene rings is 1. The summed E-state index contributed by atoms with van der Waals surface area (Å²) in [6.45, 7) is 0. The summed E-state index contributed by atoms with van der Waals surface area (Å²) in [5.74, 6) is 0. The summed E-state index contributed by atoms with van der Waals surface area (Å²) in [6, 6.07) is 4.15. The highest BCUT2D eigenvalue weighted by molar-refractivity contribution is 9.10. The van der Waals surface area contributed by atoms with Crippen LogP contribution in [0, 0.1) is 5.41 Å². The monoisotopic (exact) mass is 294 g/mol. The average Bonchev–Trinajstić information content (AvgIpc) is 2.81. The van der Waals surface area contributed by atoms with Crippen molar-refractivity contribution in [2.75, 3.05) is 5.32 Å². The molecule has 1 aromatic carbocycles. The fourth-order valence-corrected chi connectivity index (χ4v) is 2.78. The number of rotatable bonds is 4. The first-order valence-corrected chi connectivity index (χ1v) is 6.59. The van der Waals surface area contributed by atoms with E-state index in [4.69, 9.17) is 5.41 Å². The maximum Gasteiger partial charge on any atom is 0.150 e. The van der Waals surface area contributed by atoms with E-state index in [0.29, 0.717) is 17.2 Å². The van der Waals surface area contributed by atoms with Crippen molar-refractivity contribution in [2.45, 2.75) is 31.7 Å². The molecule has 1 saturated carbocycles. The molecule has 0 heterocycles. The van der Waals surface area contributed by atoms with Gasteiger partial charge in [-0.1, -0.05) is 28.8 Å². The molecule has 0 bridgehead atoms. The number of halogens is 1. The van der Waals surface area contributed by atoms with Crippen LogP contribution in [0.3, 0.4) is 0 Å². The van der Waals surface area contributed by atoms with E-state index in [1.165, 1.54) is 31.9 Å². The first-order chi connectivity index (χ1) is 8.24. The van der Waals surface area contributed by atoms with E-state index in [2.05, 4.69) is 21.2 Å². The molecule has 1 aliphatic carbocycles. The lowest BCUT2D eigenvalue weighted by Crippen LogP contribution is -2.16. The molecule has 0 spiro atoms. The normalized spacial score (nSPS) is 15.8. The van der Waals surface area contributed by atoms with Gasteiger partial charge in [0.1, 0.15) is 0 Å². The van der Waals surface area contributed by atoms with Crippen molar-refractivity contribution in [1.82, 2.24) is 0 Å². The van der Waals surface area contributed by atoms with E-state index in [-0.39, 0.29) is 0 Å². The summed E-state index contributed by atoms with van der Waals surface area (Å²) < 4.78 is 0.866. The van der Waals surface area contributed by atoms with Gasteiger partial charge < -0.3 is 10.7 Å². The molecule has 1 aliphatic rings. The van der Waals surface area contributed by atoms with Gasteiger partial charge in [-0.3, -0.25) is 4.79 Å². The molecule has 2 N–H and O–H groups in total. The van der Waals surface area contributed by atoms with Crippen molar-refractivity contribution in [3.63, 3.8) is 0 Å². The van der Waals surface area contributed by atoms with Crippen molar-refractivity contribution in [3.05, 3.63) is 27.7 Å². The summed E-state index contributed by atoms with van der Waals surface area (Å²) in [4.78, 5) is 11.0. The van der Waals surface area contributed by atoms with Crippen LogP contribution in [0.2, 0.25) is 0 Å². The molecule has 0 atom stereocenters. The Bertz CT molecular complexity index is 439. The topological polar surface area (TPSA) is 53.0 Å². The number of hydrogen-bond donors (Lipinski definition) is 2. The Morgan fingerprint density at radius 3 is 2.65 bits per heavy atom. The average molecular weight is 295 g/mol. The van der Waals surface area contributed by atoms with E-state index in [9.17, 15) is 4.79 Å². The minimum atomic E-state index is 0.475. The van der Waals surface area contributed by atoms with Crippen LogP contribution < -0.4 is 5.32 Å². The molecule has 0 saturated heterocycles. The number of carbonyl (C=O) groups excluding carboxylic acids is 1. The lowest BCUT2D eigenvalue weighted by atomic mass is 10.1. The summed E-state index contributed by atoms with van der Waals surface area (Å²) in [7, 11) is 0. The zero-order valence-corrected chi connectivity index (χ0v) is 11.1. The molecule has 1 aromatic rings.